The molecule has 0 spiro atoms. The molecule has 0 atom stereocenters. The molecule has 5 aromatic carbocycles. The third-order valence-corrected chi connectivity index (χ3v) is 9.21. The van der Waals surface area contributed by atoms with Gasteiger partial charge in [-0.3, -0.25) is 9.55 Å². The maximum absolute atomic E-state index is 6.50. The summed E-state index contributed by atoms with van der Waals surface area (Å²) in [6, 6.07) is 49.9. The Bertz CT molecular complexity index is 2830. The van der Waals surface area contributed by atoms with Crippen LogP contribution < -0.4 is 0 Å². The Kier molecular flexibility index (Phi) is 6.04. The molecule has 0 bridgehead atoms. The molecule has 0 radical (unpaired) electrons. The topological polar surface area (TPSA) is 74.6 Å². The van der Waals surface area contributed by atoms with Gasteiger partial charge in [-0.2, -0.15) is 0 Å². The highest BCUT2D eigenvalue weighted by molar-refractivity contribution is 6.15. The van der Waals surface area contributed by atoms with Crippen LogP contribution in [0.2, 0.25) is 0 Å². The van der Waals surface area contributed by atoms with E-state index in [1.807, 2.05) is 54.7 Å². The minimum absolute atomic E-state index is 0.465. The van der Waals surface area contributed by atoms with Gasteiger partial charge in [-0.25, -0.2) is 4.98 Å². The van der Waals surface area contributed by atoms with Gasteiger partial charge in [-0.15, -0.1) is 10.2 Å². The number of pyridine rings is 2. The SMILES string of the molecule is c1ccc(-n2c3ccccc3c3cc(-c4nnc(-c5cccc6c5c5ccccc5n6-c5cccc(-c6cccnc6)n5)o4)ccc32)cc1. The van der Waals surface area contributed by atoms with Gasteiger partial charge in [0.1, 0.15) is 5.82 Å². The Labute approximate surface area is 280 Å². The zero-order valence-corrected chi connectivity index (χ0v) is 26.1. The molecular weight excluding hydrogens is 605 g/mol. The van der Waals surface area contributed by atoms with Gasteiger partial charge in [0.25, 0.3) is 0 Å². The van der Waals surface area contributed by atoms with Gasteiger partial charge in [0.15, 0.2) is 0 Å². The van der Waals surface area contributed by atoms with Gasteiger partial charge < -0.3 is 8.98 Å². The Balaban J connectivity index is 1.11. The van der Waals surface area contributed by atoms with Crippen LogP contribution in [0.5, 0.6) is 0 Å². The smallest absolute Gasteiger partial charge is 0.248 e. The number of aromatic nitrogens is 6. The first-order chi connectivity index (χ1) is 24.3. The average Bonchev–Trinajstić information content (AvgIpc) is 3.89. The summed E-state index contributed by atoms with van der Waals surface area (Å²) in [5, 5.41) is 13.6. The normalized spacial score (nSPS) is 11.7. The summed E-state index contributed by atoms with van der Waals surface area (Å²) >= 11 is 0. The van der Waals surface area contributed by atoms with E-state index in [-0.39, 0.29) is 0 Å². The van der Waals surface area contributed by atoms with Crippen molar-refractivity contribution >= 4 is 43.6 Å². The van der Waals surface area contributed by atoms with E-state index in [2.05, 4.69) is 121 Å². The van der Waals surface area contributed by atoms with E-state index in [0.29, 0.717) is 11.8 Å². The molecule has 7 heteroatoms. The molecule has 0 unspecified atom stereocenters. The van der Waals surface area contributed by atoms with E-state index < -0.39 is 0 Å². The van der Waals surface area contributed by atoms with Crippen molar-refractivity contribution < 1.29 is 4.42 Å². The largest absolute Gasteiger partial charge is 0.416 e. The molecule has 0 aliphatic carbocycles. The molecule has 0 fully saturated rings. The summed E-state index contributed by atoms with van der Waals surface area (Å²) in [7, 11) is 0. The minimum Gasteiger partial charge on any atom is -0.416 e. The first-order valence-corrected chi connectivity index (χ1v) is 16.1. The number of para-hydroxylation sites is 3. The molecule has 5 heterocycles. The first kappa shape index (κ1) is 27.3. The molecule has 0 N–H and O–H groups in total. The standard InChI is InChI=1S/C42H26N6O/c1-2-12-29(13-3-1)47-35-18-6-4-14-30(35)33-25-27(22-23-37(33)47)41-45-46-42(49-41)32-16-8-20-38-40(32)31-15-5-7-19-36(31)48(38)39-21-9-17-34(44-39)28-11-10-24-43-26-28/h1-26H. The number of fused-ring (bicyclic) bond motifs is 6. The molecule has 49 heavy (non-hydrogen) atoms. The summed E-state index contributed by atoms with van der Waals surface area (Å²) < 4.78 is 11.0. The number of rotatable bonds is 5. The monoisotopic (exact) mass is 630 g/mol. The zero-order chi connectivity index (χ0) is 32.3. The number of hydrogen-bond donors (Lipinski definition) is 0. The summed E-state index contributed by atoms with van der Waals surface area (Å²) in [6.07, 6.45) is 3.61. The van der Waals surface area contributed by atoms with Gasteiger partial charge in [0, 0.05) is 56.3 Å². The van der Waals surface area contributed by atoms with E-state index in [9.17, 15) is 0 Å². The van der Waals surface area contributed by atoms with Crippen LogP contribution in [0.25, 0.3) is 89.3 Å². The molecule has 10 aromatic rings. The number of nitrogens with zero attached hydrogens (tertiary/aromatic N) is 6. The van der Waals surface area contributed by atoms with Crippen molar-refractivity contribution in [1.82, 2.24) is 29.3 Å². The highest BCUT2D eigenvalue weighted by Crippen LogP contribution is 2.39. The minimum atomic E-state index is 0.465. The van der Waals surface area contributed by atoms with E-state index in [0.717, 1.165) is 72.1 Å². The summed E-state index contributed by atoms with van der Waals surface area (Å²) in [4.78, 5) is 9.36. The van der Waals surface area contributed by atoms with E-state index in [1.165, 1.54) is 5.39 Å². The molecule has 7 nitrogen and oxygen atoms in total. The molecule has 0 amide bonds. The third-order valence-electron chi connectivity index (χ3n) is 9.21. The highest BCUT2D eigenvalue weighted by atomic mass is 16.4. The maximum atomic E-state index is 6.50. The van der Waals surface area contributed by atoms with Crippen molar-refractivity contribution in [3.8, 4) is 45.7 Å². The lowest BCUT2D eigenvalue weighted by molar-refractivity contribution is 0.585. The van der Waals surface area contributed by atoms with Gasteiger partial charge >= 0.3 is 0 Å². The molecule has 0 aliphatic rings. The number of benzene rings is 5. The predicted octanol–water partition coefficient (Wildman–Crippen LogP) is 10.1. The fraction of sp³-hybridized carbons (Fsp3) is 0. The van der Waals surface area contributed by atoms with Crippen molar-refractivity contribution in [2.45, 2.75) is 0 Å². The molecule has 5 aromatic heterocycles. The van der Waals surface area contributed by atoms with Crippen molar-refractivity contribution in [2.24, 2.45) is 0 Å². The van der Waals surface area contributed by atoms with E-state index in [1.54, 1.807) is 6.20 Å². The van der Waals surface area contributed by atoms with Gasteiger partial charge in [-0.1, -0.05) is 66.7 Å². The fourth-order valence-corrected chi connectivity index (χ4v) is 7.08. The average molecular weight is 631 g/mol. The lowest BCUT2D eigenvalue weighted by Gasteiger charge is -2.09. The van der Waals surface area contributed by atoms with Crippen LogP contribution in [0.15, 0.2) is 162 Å². The van der Waals surface area contributed by atoms with Gasteiger partial charge in [-0.05, 0) is 78.9 Å². The van der Waals surface area contributed by atoms with Crippen molar-refractivity contribution in [1.29, 1.82) is 0 Å². The van der Waals surface area contributed by atoms with E-state index >= 15 is 0 Å². The van der Waals surface area contributed by atoms with Crippen LogP contribution in [0.3, 0.4) is 0 Å². The van der Waals surface area contributed by atoms with Crippen LogP contribution in [0, 0.1) is 0 Å². The van der Waals surface area contributed by atoms with Crippen molar-refractivity contribution in [3.63, 3.8) is 0 Å². The fourth-order valence-electron chi connectivity index (χ4n) is 7.08. The second-order valence-corrected chi connectivity index (χ2v) is 12.0. The highest BCUT2D eigenvalue weighted by Gasteiger charge is 2.21. The Morgan fingerprint density at radius 3 is 2.08 bits per heavy atom. The molecular formula is C42H26N6O. The van der Waals surface area contributed by atoms with Crippen LogP contribution in [-0.4, -0.2) is 29.3 Å². The molecule has 0 saturated carbocycles. The van der Waals surface area contributed by atoms with Gasteiger partial charge in [0.2, 0.25) is 11.8 Å². The second kappa shape index (κ2) is 10.9. The predicted molar refractivity (Wildman–Crippen MR) is 195 cm³/mol. The summed E-state index contributed by atoms with van der Waals surface area (Å²) in [5.74, 6) is 1.76. The quantitative estimate of drug-likeness (QED) is 0.189. The molecule has 10 rings (SSSR count). The van der Waals surface area contributed by atoms with Crippen LogP contribution in [0.4, 0.5) is 0 Å². The lowest BCUT2D eigenvalue weighted by Crippen LogP contribution is -1.98. The van der Waals surface area contributed by atoms with Crippen molar-refractivity contribution in [2.75, 3.05) is 0 Å². The Morgan fingerprint density at radius 2 is 1.22 bits per heavy atom. The first-order valence-electron chi connectivity index (χ1n) is 16.1. The van der Waals surface area contributed by atoms with Crippen LogP contribution >= 0.6 is 0 Å². The van der Waals surface area contributed by atoms with Crippen LogP contribution in [0.1, 0.15) is 0 Å². The van der Waals surface area contributed by atoms with Crippen molar-refractivity contribution in [3.05, 3.63) is 158 Å². The molecule has 0 saturated heterocycles. The molecule has 0 aliphatic heterocycles. The lowest BCUT2D eigenvalue weighted by atomic mass is 10.1. The third kappa shape index (κ3) is 4.29. The zero-order valence-electron chi connectivity index (χ0n) is 26.1. The number of hydrogen-bond acceptors (Lipinski definition) is 5. The Hall–Kier alpha value is -6.86. The maximum Gasteiger partial charge on any atom is 0.248 e. The van der Waals surface area contributed by atoms with E-state index in [4.69, 9.17) is 9.40 Å². The Morgan fingerprint density at radius 1 is 0.490 bits per heavy atom. The van der Waals surface area contributed by atoms with Gasteiger partial charge in [0.05, 0.1) is 27.8 Å². The summed E-state index contributed by atoms with van der Waals surface area (Å²) in [6.45, 7) is 0. The second-order valence-electron chi connectivity index (χ2n) is 12.0. The summed E-state index contributed by atoms with van der Waals surface area (Å²) in [5.41, 5.74) is 9.00. The van der Waals surface area contributed by atoms with Crippen LogP contribution in [-0.2, 0) is 0 Å². The molecule has 230 valence electrons.